The van der Waals surface area contributed by atoms with Gasteiger partial charge in [0.1, 0.15) is 0 Å². The van der Waals surface area contributed by atoms with E-state index >= 15 is 0 Å². The smallest absolute Gasteiger partial charge is 0.335 e. The predicted octanol–water partition coefficient (Wildman–Crippen LogP) is 3.67. The van der Waals surface area contributed by atoms with Crippen LogP contribution in [0.4, 0.5) is 5.69 Å². The number of carbonyl (C=O) groups excluding carboxylic acids is 1. The minimum atomic E-state index is -1.00. The van der Waals surface area contributed by atoms with Crippen molar-refractivity contribution in [1.29, 1.82) is 0 Å². The first-order chi connectivity index (χ1) is 13.8. The molecule has 1 amide bonds. The summed E-state index contributed by atoms with van der Waals surface area (Å²) in [6, 6.07) is 14.3. The first kappa shape index (κ1) is 19.2. The number of carboxylic acids is 1. The fourth-order valence-corrected chi connectivity index (χ4v) is 4.44. The number of nitrogens with zero attached hydrogens (tertiary/aromatic N) is 3. The van der Waals surface area contributed by atoms with E-state index in [2.05, 4.69) is 40.0 Å². The van der Waals surface area contributed by atoms with Crippen LogP contribution in [0.1, 0.15) is 29.8 Å². The molecule has 3 aromatic rings. The lowest BCUT2D eigenvalue weighted by Crippen LogP contribution is -2.33. The van der Waals surface area contributed by atoms with E-state index in [-0.39, 0.29) is 22.8 Å². The van der Waals surface area contributed by atoms with Gasteiger partial charge in [-0.05, 0) is 50.1 Å². The Morgan fingerprint density at radius 1 is 1.14 bits per heavy atom. The number of fused-ring (bicyclic) bond motifs is 3. The van der Waals surface area contributed by atoms with Gasteiger partial charge in [-0.25, -0.2) is 4.79 Å². The number of aromatic carboxylic acids is 1. The second-order valence-electron chi connectivity index (χ2n) is 7.51. The molecule has 0 spiro atoms. The lowest BCUT2D eigenvalue weighted by atomic mass is 9.87. The van der Waals surface area contributed by atoms with Gasteiger partial charge in [0.15, 0.2) is 11.0 Å². The number of amides is 1. The number of hydrogen-bond acceptors (Lipinski definition) is 5. The van der Waals surface area contributed by atoms with Crippen LogP contribution >= 0.6 is 11.8 Å². The molecule has 0 saturated heterocycles. The van der Waals surface area contributed by atoms with E-state index in [1.54, 1.807) is 12.1 Å². The zero-order valence-electron chi connectivity index (χ0n) is 16.0. The van der Waals surface area contributed by atoms with Gasteiger partial charge in [0.05, 0.1) is 11.3 Å². The van der Waals surface area contributed by atoms with Crippen molar-refractivity contribution in [3.8, 4) is 11.4 Å². The Morgan fingerprint density at radius 2 is 1.86 bits per heavy atom. The van der Waals surface area contributed by atoms with E-state index in [4.69, 9.17) is 5.11 Å². The molecular formula is C21H20N4O3S. The molecule has 0 aliphatic carbocycles. The van der Waals surface area contributed by atoms with E-state index in [9.17, 15) is 9.59 Å². The SMILES string of the molecule is CC1(C)Cc2ccccc2-c2nnc(SCC(=O)Nc3ccc(C(=O)O)cc3)n21. The van der Waals surface area contributed by atoms with E-state index in [0.29, 0.717) is 10.8 Å². The van der Waals surface area contributed by atoms with Crippen molar-refractivity contribution in [3.05, 3.63) is 59.7 Å². The maximum atomic E-state index is 12.3. The Kier molecular flexibility index (Phi) is 4.87. The van der Waals surface area contributed by atoms with Crippen LogP contribution in [0, 0.1) is 0 Å². The molecule has 2 N–H and O–H groups in total. The minimum Gasteiger partial charge on any atom is -0.478 e. The van der Waals surface area contributed by atoms with Crippen molar-refractivity contribution in [1.82, 2.24) is 14.8 Å². The third-order valence-corrected chi connectivity index (χ3v) is 5.80. The van der Waals surface area contributed by atoms with Crippen LogP contribution in [0.15, 0.2) is 53.7 Å². The molecule has 4 rings (SSSR count). The minimum absolute atomic E-state index is 0.176. The molecule has 0 saturated carbocycles. The second-order valence-corrected chi connectivity index (χ2v) is 8.45. The molecule has 1 aliphatic heterocycles. The molecule has 0 bridgehead atoms. The Morgan fingerprint density at radius 3 is 2.59 bits per heavy atom. The van der Waals surface area contributed by atoms with Gasteiger partial charge in [0.25, 0.3) is 0 Å². The summed E-state index contributed by atoms with van der Waals surface area (Å²) in [5.41, 5.74) is 2.86. The summed E-state index contributed by atoms with van der Waals surface area (Å²) in [6.45, 7) is 4.29. The second kappa shape index (κ2) is 7.36. The molecular weight excluding hydrogens is 388 g/mol. The number of aromatic nitrogens is 3. The number of anilines is 1. The van der Waals surface area contributed by atoms with Crippen molar-refractivity contribution < 1.29 is 14.7 Å². The van der Waals surface area contributed by atoms with Crippen LogP contribution in [0.2, 0.25) is 0 Å². The van der Waals surface area contributed by atoms with Crippen molar-refractivity contribution in [3.63, 3.8) is 0 Å². The van der Waals surface area contributed by atoms with Gasteiger partial charge < -0.3 is 10.4 Å². The van der Waals surface area contributed by atoms with Crippen LogP contribution in [0.3, 0.4) is 0 Å². The summed E-state index contributed by atoms with van der Waals surface area (Å²) in [5, 5.41) is 21.1. The van der Waals surface area contributed by atoms with Gasteiger partial charge >= 0.3 is 5.97 Å². The Bertz CT molecular complexity index is 1090. The number of hydrogen-bond donors (Lipinski definition) is 2. The van der Waals surface area contributed by atoms with Crippen LogP contribution < -0.4 is 5.32 Å². The number of thioether (sulfide) groups is 1. The highest BCUT2D eigenvalue weighted by Gasteiger charge is 2.34. The van der Waals surface area contributed by atoms with Gasteiger partial charge in [-0.2, -0.15) is 0 Å². The lowest BCUT2D eigenvalue weighted by Gasteiger charge is -2.34. The summed E-state index contributed by atoms with van der Waals surface area (Å²) >= 11 is 1.34. The lowest BCUT2D eigenvalue weighted by molar-refractivity contribution is -0.113. The molecule has 7 nitrogen and oxygen atoms in total. The summed E-state index contributed by atoms with van der Waals surface area (Å²) in [4.78, 5) is 23.3. The molecule has 2 aromatic carbocycles. The molecule has 0 radical (unpaired) electrons. The molecule has 29 heavy (non-hydrogen) atoms. The fraction of sp³-hybridized carbons (Fsp3) is 0.238. The monoisotopic (exact) mass is 408 g/mol. The summed E-state index contributed by atoms with van der Waals surface area (Å²) in [7, 11) is 0. The zero-order chi connectivity index (χ0) is 20.6. The third kappa shape index (κ3) is 3.75. The van der Waals surface area contributed by atoms with E-state index in [1.807, 2.05) is 18.2 Å². The molecule has 148 valence electrons. The first-order valence-corrected chi connectivity index (χ1v) is 10.1. The van der Waals surface area contributed by atoms with Crippen molar-refractivity contribution in [2.45, 2.75) is 31.0 Å². The zero-order valence-corrected chi connectivity index (χ0v) is 16.9. The Balaban J connectivity index is 1.48. The molecule has 8 heteroatoms. The van der Waals surface area contributed by atoms with E-state index in [0.717, 1.165) is 17.8 Å². The summed E-state index contributed by atoms with van der Waals surface area (Å²) in [6.07, 6.45) is 0.865. The Hall–Kier alpha value is -3.13. The number of carbonyl (C=O) groups is 2. The predicted molar refractivity (Wildman–Crippen MR) is 111 cm³/mol. The summed E-state index contributed by atoms with van der Waals surface area (Å²) in [5.74, 6) is -0.191. The normalized spacial score (nSPS) is 14.0. The average Bonchev–Trinajstić information content (AvgIpc) is 3.12. The number of rotatable bonds is 5. The fourth-order valence-electron chi connectivity index (χ4n) is 3.54. The van der Waals surface area contributed by atoms with Gasteiger partial charge in [-0.1, -0.05) is 36.0 Å². The number of carboxylic acid groups (broad SMARTS) is 1. The standard InChI is InChI=1S/C21H20N4O3S/c1-21(2)11-14-5-3-4-6-16(14)18-23-24-20(25(18)21)29-12-17(26)22-15-9-7-13(8-10-15)19(27)28/h3-10H,11-12H2,1-2H3,(H,22,26)(H,27,28). The molecule has 1 aromatic heterocycles. The van der Waals surface area contributed by atoms with Crippen LogP contribution in [0.5, 0.6) is 0 Å². The van der Waals surface area contributed by atoms with Gasteiger partial charge in [0.2, 0.25) is 5.91 Å². The average molecular weight is 408 g/mol. The quantitative estimate of drug-likeness (QED) is 0.625. The maximum Gasteiger partial charge on any atom is 0.335 e. The van der Waals surface area contributed by atoms with E-state index < -0.39 is 5.97 Å². The number of benzene rings is 2. The van der Waals surface area contributed by atoms with Crippen LogP contribution in [0.25, 0.3) is 11.4 Å². The molecule has 0 fully saturated rings. The third-order valence-electron chi connectivity index (χ3n) is 4.87. The Labute approximate surface area is 172 Å². The van der Waals surface area contributed by atoms with Crippen molar-refractivity contribution >= 4 is 29.3 Å². The molecule has 2 heterocycles. The van der Waals surface area contributed by atoms with Gasteiger partial charge in [-0.3, -0.25) is 9.36 Å². The van der Waals surface area contributed by atoms with Crippen molar-refractivity contribution in [2.75, 3.05) is 11.1 Å². The largest absolute Gasteiger partial charge is 0.478 e. The number of nitrogens with one attached hydrogen (secondary N) is 1. The molecule has 0 atom stereocenters. The van der Waals surface area contributed by atoms with E-state index in [1.165, 1.54) is 29.5 Å². The van der Waals surface area contributed by atoms with Gasteiger partial charge in [-0.15, -0.1) is 10.2 Å². The highest BCUT2D eigenvalue weighted by Crippen LogP contribution is 2.39. The first-order valence-electron chi connectivity index (χ1n) is 9.15. The van der Waals surface area contributed by atoms with Crippen molar-refractivity contribution in [2.24, 2.45) is 0 Å². The highest BCUT2D eigenvalue weighted by molar-refractivity contribution is 7.99. The summed E-state index contributed by atoms with van der Waals surface area (Å²) < 4.78 is 2.11. The maximum absolute atomic E-state index is 12.3. The van der Waals surface area contributed by atoms with Crippen LogP contribution in [-0.2, 0) is 16.8 Å². The van der Waals surface area contributed by atoms with Crippen LogP contribution in [-0.4, -0.2) is 37.5 Å². The van der Waals surface area contributed by atoms with Gasteiger partial charge in [0, 0.05) is 16.8 Å². The topological polar surface area (TPSA) is 97.1 Å². The highest BCUT2D eigenvalue weighted by atomic mass is 32.2. The molecule has 0 unspecified atom stereocenters. The molecule has 1 aliphatic rings.